The minimum Gasteiger partial charge on any atom is -0.475 e. The van der Waals surface area contributed by atoms with Crippen LogP contribution >= 0.6 is 0 Å². The average Bonchev–Trinajstić information content (AvgIpc) is 2.51. The summed E-state index contributed by atoms with van der Waals surface area (Å²) in [5.74, 6) is -5.84. The van der Waals surface area contributed by atoms with Gasteiger partial charge in [0.1, 0.15) is 0 Å². The number of aryl methyl sites for hydroxylation is 2. The molecule has 0 spiro atoms. The summed E-state index contributed by atoms with van der Waals surface area (Å²) in [6.45, 7) is 2.06. The topological polar surface area (TPSA) is 144 Å². The van der Waals surface area contributed by atoms with E-state index in [9.17, 15) is 31.1 Å². The van der Waals surface area contributed by atoms with Gasteiger partial charge in [-0.3, -0.25) is 4.79 Å². The molecule has 0 aliphatic carbocycles. The summed E-state index contributed by atoms with van der Waals surface area (Å²) in [5, 5.41) is 14.2. The van der Waals surface area contributed by atoms with Gasteiger partial charge in [-0.2, -0.15) is 26.3 Å². The van der Waals surface area contributed by atoms with Gasteiger partial charge in [-0.05, 0) is 25.3 Å². The van der Waals surface area contributed by atoms with Crippen molar-refractivity contribution in [2.75, 3.05) is 0 Å². The van der Waals surface area contributed by atoms with E-state index < -0.39 is 24.3 Å². The highest BCUT2D eigenvalue weighted by molar-refractivity contribution is 5.74. The number of nitrogens with two attached hydrogens (primary N) is 2. The fourth-order valence-electron chi connectivity index (χ4n) is 1.58. The number of carbonyl (C=O) groups excluding carboxylic acids is 1. The van der Waals surface area contributed by atoms with E-state index in [2.05, 4.69) is 25.1 Å². The number of rotatable bonds is 5. The number of hydrogen-bond acceptors (Lipinski definition) is 4. The van der Waals surface area contributed by atoms with E-state index in [0.29, 0.717) is 0 Å². The third-order valence-corrected chi connectivity index (χ3v) is 2.83. The first-order valence-electron chi connectivity index (χ1n) is 7.66. The SMILES string of the molecule is Cc1cccc(CCC(N)CC(N)=O)c1.O=C(O)C(F)(F)F.O=C(O)C(F)(F)F. The van der Waals surface area contributed by atoms with Gasteiger partial charge < -0.3 is 21.7 Å². The van der Waals surface area contributed by atoms with Crippen LogP contribution in [0.5, 0.6) is 0 Å². The Morgan fingerprint density at radius 1 is 1.00 bits per heavy atom. The van der Waals surface area contributed by atoms with Crippen molar-refractivity contribution in [3.05, 3.63) is 35.4 Å². The van der Waals surface area contributed by atoms with Crippen LogP contribution in [0.25, 0.3) is 0 Å². The summed E-state index contributed by atoms with van der Waals surface area (Å²) < 4.78 is 63.5. The number of amides is 1. The molecule has 7 nitrogen and oxygen atoms in total. The molecule has 13 heteroatoms. The molecule has 0 fully saturated rings. The van der Waals surface area contributed by atoms with Crippen LogP contribution in [-0.4, -0.2) is 46.5 Å². The Morgan fingerprint density at radius 3 is 1.72 bits per heavy atom. The number of carbonyl (C=O) groups is 3. The molecule has 0 aromatic heterocycles. The van der Waals surface area contributed by atoms with Crippen molar-refractivity contribution in [1.29, 1.82) is 0 Å². The molecule has 0 aliphatic rings. The zero-order valence-electron chi connectivity index (χ0n) is 15.0. The molecule has 1 amide bonds. The van der Waals surface area contributed by atoms with E-state index >= 15 is 0 Å². The first-order chi connectivity index (χ1) is 13.0. The third-order valence-electron chi connectivity index (χ3n) is 2.83. The van der Waals surface area contributed by atoms with Crippen LogP contribution in [0.15, 0.2) is 24.3 Å². The first-order valence-corrected chi connectivity index (χ1v) is 7.66. The van der Waals surface area contributed by atoms with E-state index in [1.165, 1.54) is 11.1 Å². The lowest BCUT2D eigenvalue weighted by Gasteiger charge is -2.09. The van der Waals surface area contributed by atoms with Crippen LogP contribution < -0.4 is 11.5 Å². The van der Waals surface area contributed by atoms with E-state index in [-0.39, 0.29) is 18.4 Å². The van der Waals surface area contributed by atoms with Gasteiger partial charge in [-0.15, -0.1) is 0 Å². The Balaban J connectivity index is 0. The fraction of sp³-hybridized carbons (Fsp3) is 0.438. The summed E-state index contributed by atoms with van der Waals surface area (Å²) in [5.41, 5.74) is 13.3. The lowest BCUT2D eigenvalue weighted by atomic mass is 10.0. The van der Waals surface area contributed by atoms with Gasteiger partial charge in [0.25, 0.3) is 0 Å². The Hall–Kier alpha value is -2.83. The smallest absolute Gasteiger partial charge is 0.475 e. The van der Waals surface area contributed by atoms with E-state index in [1.54, 1.807) is 0 Å². The average molecular weight is 434 g/mol. The lowest BCUT2D eigenvalue weighted by Crippen LogP contribution is -2.27. The second kappa shape index (κ2) is 12.6. The maximum Gasteiger partial charge on any atom is 0.490 e. The van der Waals surface area contributed by atoms with Crippen molar-refractivity contribution in [1.82, 2.24) is 0 Å². The van der Waals surface area contributed by atoms with Crippen molar-refractivity contribution in [3.63, 3.8) is 0 Å². The summed E-state index contributed by atoms with van der Waals surface area (Å²) in [6, 6.07) is 8.18. The molecule has 1 rings (SSSR count). The molecule has 166 valence electrons. The molecule has 0 radical (unpaired) electrons. The number of primary amides is 1. The zero-order valence-corrected chi connectivity index (χ0v) is 15.0. The molecule has 0 saturated heterocycles. The molecule has 1 aromatic rings. The van der Waals surface area contributed by atoms with Gasteiger partial charge in [0, 0.05) is 12.5 Å². The fourth-order valence-corrected chi connectivity index (χ4v) is 1.58. The zero-order chi connectivity index (χ0) is 23.4. The first kappa shape index (κ1) is 28.4. The van der Waals surface area contributed by atoms with E-state index in [4.69, 9.17) is 31.3 Å². The quantitative estimate of drug-likeness (QED) is 0.524. The third kappa shape index (κ3) is 17.0. The number of hydrogen-bond donors (Lipinski definition) is 4. The predicted octanol–water partition coefficient (Wildman–Crippen LogP) is 2.40. The molecular weight excluding hydrogens is 414 g/mol. The summed E-state index contributed by atoms with van der Waals surface area (Å²) in [6.07, 6.45) is -8.20. The number of benzene rings is 1. The van der Waals surface area contributed by atoms with Gasteiger partial charge in [0.2, 0.25) is 5.91 Å². The molecule has 1 unspecified atom stereocenters. The van der Waals surface area contributed by atoms with Gasteiger partial charge in [-0.1, -0.05) is 29.8 Å². The maximum atomic E-state index is 10.6. The van der Waals surface area contributed by atoms with E-state index in [1.807, 2.05) is 6.07 Å². The van der Waals surface area contributed by atoms with Crippen LogP contribution in [0.4, 0.5) is 26.3 Å². The van der Waals surface area contributed by atoms with Crippen LogP contribution in [0, 0.1) is 6.92 Å². The molecule has 1 atom stereocenters. The number of carboxylic acid groups (broad SMARTS) is 2. The van der Waals surface area contributed by atoms with Gasteiger partial charge in [0.05, 0.1) is 0 Å². The van der Waals surface area contributed by atoms with Crippen LogP contribution in [-0.2, 0) is 20.8 Å². The Morgan fingerprint density at radius 2 is 1.41 bits per heavy atom. The predicted molar refractivity (Wildman–Crippen MR) is 88.7 cm³/mol. The number of alkyl halides is 6. The van der Waals surface area contributed by atoms with Crippen LogP contribution in [0.2, 0.25) is 0 Å². The highest BCUT2D eigenvalue weighted by atomic mass is 19.4. The van der Waals surface area contributed by atoms with Crippen molar-refractivity contribution in [2.24, 2.45) is 11.5 Å². The highest BCUT2D eigenvalue weighted by Gasteiger charge is 2.38. The standard InChI is InChI=1S/C12H18N2O.2C2HF3O2/c1-9-3-2-4-10(7-9)5-6-11(13)8-12(14)15;2*3-2(4,5)1(6)7/h2-4,7,11H,5-6,8,13H2,1H3,(H2,14,15);2*(H,6,7). The number of halogens is 6. The highest BCUT2D eigenvalue weighted by Crippen LogP contribution is 2.13. The summed E-state index contributed by atoms with van der Waals surface area (Å²) in [4.78, 5) is 28.4. The molecule has 0 heterocycles. The molecule has 6 N–H and O–H groups in total. The maximum absolute atomic E-state index is 10.6. The van der Waals surface area contributed by atoms with Crippen molar-refractivity contribution in [3.8, 4) is 0 Å². The van der Waals surface area contributed by atoms with Crippen LogP contribution in [0.3, 0.4) is 0 Å². The molecule has 0 aliphatic heterocycles. The van der Waals surface area contributed by atoms with Gasteiger partial charge in [0.15, 0.2) is 0 Å². The second-order valence-electron chi connectivity index (χ2n) is 5.56. The summed E-state index contributed by atoms with van der Waals surface area (Å²) >= 11 is 0. The van der Waals surface area contributed by atoms with Gasteiger partial charge in [-0.25, -0.2) is 9.59 Å². The molecule has 0 saturated carbocycles. The second-order valence-corrected chi connectivity index (χ2v) is 5.56. The monoisotopic (exact) mass is 434 g/mol. The summed E-state index contributed by atoms with van der Waals surface area (Å²) in [7, 11) is 0. The van der Waals surface area contributed by atoms with Crippen molar-refractivity contribution in [2.45, 2.75) is 44.6 Å². The molecular formula is C16H20F6N2O5. The van der Waals surface area contributed by atoms with Crippen LogP contribution in [0.1, 0.15) is 24.0 Å². The molecule has 29 heavy (non-hydrogen) atoms. The Bertz CT molecular complexity index is 652. The molecule has 0 bridgehead atoms. The molecule has 1 aromatic carbocycles. The number of aliphatic carboxylic acids is 2. The van der Waals surface area contributed by atoms with E-state index in [0.717, 1.165) is 12.8 Å². The van der Waals surface area contributed by atoms with Crippen molar-refractivity contribution >= 4 is 17.8 Å². The normalized spacial score (nSPS) is 11.9. The minimum absolute atomic E-state index is 0.122. The Kier molecular flexibility index (Phi) is 12.3. The largest absolute Gasteiger partial charge is 0.490 e. The Labute approximate surface area is 161 Å². The van der Waals surface area contributed by atoms with Gasteiger partial charge >= 0.3 is 24.3 Å². The van der Waals surface area contributed by atoms with Crippen molar-refractivity contribution < 1.29 is 50.9 Å². The number of carboxylic acids is 2. The minimum atomic E-state index is -5.08. The lowest BCUT2D eigenvalue weighted by molar-refractivity contribution is -0.193.